The number of nitrogens with zero attached hydrogens (tertiary/aromatic N) is 3. The normalized spacial score (nSPS) is 12.4. The fraction of sp³-hybridized carbons (Fsp3) is 0.385. The van der Waals surface area contributed by atoms with Gasteiger partial charge in [-0.25, -0.2) is 9.97 Å². The van der Waals surface area contributed by atoms with Crippen LogP contribution in [0.3, 0.4) is 0 Å². The number of carbonyl (C=O) groups excluding carboxylic acids is 1. The van der Waals surface area contributed by atoms with E-state index in [9.17, 15) is 10.1 Å². The maximum Gasteiger partial charge on any atom is 0.224 e. The first-order valence-corrected chi connectivity index (χ1v) is 6.71. The number of rotatable bonds is 4. The molecule has 0 fully saturated rings. The lowest BCUT2D eigenvalue weighted by atomic mass is 10.0. The van der Waals surface area contributed by atoms with Gasteiger partial charge in [-0.3, -0.25) is 4.79 Å². The van der Waals surface area contributed by atoms with Crippen molar-refractivity contribution in [1.82, 2.24) is 9.97 Å². The third-order valence-electron chi connectivity index (χ3n) is 2.74. The molecule has 0 spiro atoms. The average molecular weight is 275 g/mol. The number of carbonyl (C=O) groups is 1. The minimum Gasteiger partial charge on any atom is -0.440 e. The van der Waals surface area contributed by atoms with Crippen LogP contribution in [0.1, 0.15) is 52.6 Å². The second kappa shape index (κ2) is 5.33. The van der Waals surface area contributed by atoms with Gasteiger partial charge in [-0.05, 0) is 12.8 Å². The standard InChI is InChI=1S/C13H13N3O2S/c1-7(2)10-5-19-13(16-10)9(4-14)11(17)12-8(3)15-6-18-12/h5-7,9H,1-3H3. The first kappa shape index (κ1) is 13.4. The van der Waals surface area contributed by atoms with Crippen LogP contribution in [-0.2, 0) is 0 Å². The molecular weight excluding hydrogens is 262 g/mol. The average Bonchev–Trinajstić information content (AvgIpc) is 2.99. The molecule has 2 heterocycles. The third kappa shape index (κ3) is 2.56. The van der Waals surface area contributed by atoms with Gasteiger partial charge in [0.2, 0.25) is 5.78 Å². The van der Waals surface area contributed by atoms with E-state index in [1.807, 2.05) is 25.3 Å². The van der Waals surface area contributed by atoms with Crippen LogP contribution in [0.5, 0.6) is 0 Å². The van der Waals surface area contributed by atoms with Crippen molar-refractivity contribution in [3.63, 3.8) is 0 Å². The highest BCUT2D eigenvalue weighted by Gasteiger charge is 2.29. The van der Waals surface area contributed by atoms with Gasteiger partial charge in [0.05, 0.1) is 17.5 Å². The zero-order chi connectivity index (χ0) is 14.0. The molecular formula is C13H13N3O2S. The van der Waals surface area contributed by atoms with Crippen LogP contribution in [0.4, 0.5) is 0 Å². The molecule has 0 amide bonds. The van der Waals surface area contributed by atoms with Gasteiger partial charge >= 0.3 is 0 Å². The Kier molecular flexibility index (Phi) is 3.76. The first-order chi connectivity index (χ1) is 9.04. The Morgan fingerprint density at radius 1 is 1.53 bits per heavy atom. The van der Waals surface area contributed by atoms with E-state index >= 15 is 0 Å². The number of hydrogen-bond acceptors (Lipinski definition) is 6. The number of Topliss-reactive ketones (excluding diaryl/α,β-unsaturated/α-hetero) is 1. The SMILES string of the molecule is Cc1ncoc1C(=O)C(C#N)c1nc(C(C)C)cs1. The molecule has 0 aliphatic rings. The van der Waals surface area contributed by atoms with Crippen molar-refractivity contribution in [3.05, 3.63) is 33.9 Å². The van der Waals surface area contributed by atoms with E-state index in [1.165, 1.54) is 17.7 Å². The maximum absolute atomic E-state index is 12.2. The molecule has 1 unspecified atom stereocenters. The Labute approximate surface area is 114 Å². The van der Waals surface area contributed by atoms with E-state index in [2.05, 4.69) is 9.97 Å². The molecule has 0 aliphatic heterocycles. The zero-order valence-corrected chi connectivity index (χ0v) is 11.7. The molecule has 19 heavy (non-hydrogen) atoms. The lowest BCUT2D eigenvalue weighted by Gasteiger charge is -2.03. The predicted molar refractivity (Wildman–Crippen MR) is 70.1 cm³/mol. The number of oxazole rings is 1. The molecule has 5 nitrogen and oxygen atoms in total. The molecule has 1 atom stereocenters. The highest BCUT2D eigenvalue weighted by Crippen LogP contribution is 2.27. The molecule has 0 radical (unpaired) electrons. The fourth-order valence-corrected chi connectivity index (χ4v) is 2.61. The van der Waals surface area contributed by atoms with Crippen LogP contribution in [0.25, 0.3) is 0 Å². The second-order valence-corrected chi connectivity index (χ2v) is 5.35. The van der Waals surface area contributed by atoms with Crippen LogP contribution in [0, 0.1) is 18.3 Å². The van der Waals surface area contributed by atoms with Crippen molar-refractivity contribution in [2.75, 3.05) is 0 Å². The topological polar surface area (TPSA) is 79.8 Å². The lowest BCUT2D eigenvalue weighted by molar-refractivity contribution is 0.0951. The molecule has 0 saturated carbocycles. The molecule has 0 bridgehead atoms. The summed E-state index contributed by atoms with van der Waals surface area (Å²) in [5.74, 6) is -0.911. The van der Waals surface area contributed by atoms with Crippen LogP contribution in [0.2, 0.25) is 0 Å². The summed E-state index contributed by atoms with van der Waals surface area (Å²) >= 11 is 1.33. The van der Waals surface area contributed by atoms with Gasteiger partial charge in [0, 0.05) is 5.38 Å². The minimum absolute atomic E-state index is 0.132. The fourth-order valence-electron chi connectivity index (χ4n) is 1.59. The Morgan fingerprint density at radius 2 is 2.26 bits per heavy atom. The number of thiazole rings is 1. The van der Waals surface area contributed by atoms with Crippen LogP contribution < -0.4 is 0 Å². The number of hydrogen-bond donors (Lipinski definition) is 0. The van der Waals surface area contributed by atoms with Gasteiger partial charge in [0.25, 0.3) is 0 Å². The van der Waals surface area contributed by atoms with Crippen molar-refractivity contribution in [1.29, 1.82) is 5.26 Å². The van der Waals surface area contributed by atoms with E-state index < -0.39 is 5.92 Å². The van der Waals surface area contributed by atoms with Gasteiger partial charge < -0.3 is 4.42 Å². The molecule has 98 valence electrons. The van der Waals surface area contributed by atoms with Gasteiger partial charge in [0.15, 0.2) is 18.1 Å². The van der Waals surface area contributed by atoms with Gasteiger partial charge in [-0.2, -0.15) is 5.26 Å². The Balaban J connectivity index is 2.32. The predicted octanol–water partition coefficient (Wildman–Crippen LogP) is 3.05. The number of aromatic nitrogens is 2. The van der Waals surface area contributed by atoms with Crippen LogP contribution >= 0.6 is 11.3 Å². The Hall–Kier alpha value is -2.00. The third-order valence-corrected chi connectivity index (χ3v) is 3.67. The van der Waals surface area contributed by atoms with Gasteiger partial charge in [-0.1, -0.05) is 13.8 Å². The molecule has 2 rings (SSSR count). The lowest BCUT2D eigenvalue weighted by Crippen LogP contribution is -2.11. The minimum atomic E-state index is -0.927. The molecule has 2 aromatic rings. The molecule has 0 saturated heterocycles. The number of ketones is 1. The molecule has 0 aromatic carbocycles. The van der Waals surface area contributed by atoms with Crippen LogP contribution in [-0.4, -0.2) is 15.8 Å². The summed E-state index contributed by atoms with van der Waals surface area (Å²) in [5.41, 5.74) is 1.38. The molecule has 0 aliphatic carbocycles. The summed E-state index contributed by atoms with van der Waals surface area (Å²) in [6.45, 7) is 5.71. The van der Waals surface area contributed by atoms with Crippen molar-refractivity contribution in [3.8, 4) is 6.07 Å². The summed E-state index contributed by atoms with van der Waals surface area (Å²) in [4.78, 5) is 20.5. The number of aryl methyl sites for hydroxylation is 1. The van der Waals surface area contributed by atoms with Gasteiger partial charge in [0.1, 0.15) is 5.01 Å². The Morgan fingerprint density at radius 3 is 2.74 bits per heavy atom. The summed E-state index contributed by atoms with van der Waals surface area (Å²) < 4.78 is 5.05. The quantitative estimate of drug-likeness (QED) is 0.801. The maximum atomic E-state index is 12.2. The van der Waals surface area contributed by atoms with Crippen molar-refractivity contribution >= 4 is 17.1 Å². The van der Waals surface area contributed by atoms with Gasteiger partial charge in [-0.15, -0.1) is 11.3 Å². The van der Waals surface area contributed by atoms with E-state index in [0.29, 0.717) is 10.7 Å². The smallest absolute Gasteiger partial charge is 0.224 e. The first-order valence-electron chi connectivity index (χ1n) is 5.83. The van der Waals surface area contributed by atoms with E-state index in [4.69, 9.17) is 4.42 Å². The molecule has 6 heteroatoms. The highest BCUT2D eigenvalue weighted by molar-refractivity contribution is 7.10. The summed E-state index contributed by atoms with van der Waals surface area (Å²) in [7, 11) is 0. The van der Waals surface area contributed by atoms with Crippen molar-refractivity contribution in [2.45, 2.75) is 32.6 Å². The van der Waals surface area contributed by atoms with E-state index in [1.54, 1.807) is 6.92 Å². The molecule has 0 N–H and O–H groups in total. The number of nitriles is 1. The summed E-state index contributed by atoms with van der Waals surface area (Å²) in [6.07, 6.45) is 1.21. The van der Waals surface area contributed by atoms with Crippen molar-refractivity contribution < 1.29 is 9.21 Å². The Bertz CT molecular complexity index is 636. The summed E-state index contributed by atoms with van der Waals surface area (Å²) in [6, 6.07) is 2.00. The van der Waals surface area contributed by atoms with E-state index in [-0.39, 0.29) is 17.5 Å². The van der Waals surface area contributed by atoms with E-state index in [0.717, 1.165) is 5.69 Å². The molecule has 2 aromatic heterocycles. The zero-order valence-electron chi connectivity index (χ0n) is 10.9. The highest BCUT2D eigenvalue weighted by atomic mass is 32.1. The van der Waals surface area contributed by atoms with Crippen LogP contribution in [0.15, 0.2) is 16.2 Å². The largest absolute Gasteiger partial charge is 0.440 e. The van der Waals surface area contributed by atoms with Crippen molar-refractivity contribution in [2.24, 2.45) is 0 Å². The summed E-state index contributed by atoms with van der Waals surface area (Å²) in [5, 5.41) is 11.6. The monoisotopic (exact) mass is 275 g/mol. The second-order valence-electron chi connectivity index (χ2n) is 4.46.